The van der Waals surface area contributed by atoms with E-state index in [0.29, 0.717) is 0 Å². The maximum absolute atomic E-state index is 12.3. The highest BCUT2D eigenvalue weighted by molar-refractivity contribution is 5.79. The van der Waals surface area contributed by atoms with E-state index in [1.165, 1.54) is 18.2 Å². The van der Waals surface area contributed by atoms with Gasteiger partial charge in [0, 0.05) is 11.1 Å². The molecule has 1 radical (unpaired) electrons. The second kappa shape index (κ2) is 7.67. The molecule has 0 unspecified atom stereocenters. The van der Waals surface area contributed by atoms with E-state index in [9.17, 15) is 13.2 Å². The van der Waals surface area contributed by atoms with Crippen molar-refractivity contribution in [2.45, 2.75) is 26.3 Å². The second-order valence-corrected chi connectivity index (χ2v) is 4.69. The molecule has 2 rings (SSSR count). The SMILES string of the molecule is CCc1cccc(/[C]=N\OCc2ccccc2OC(F)(F)F)c1. The maximum atomic E-state index is 12.3. The first-order valence-electron chi connectivity index (χ1n) is 6.98. The summed E-state index contributed by atoms with van der Waals surface area (Å²) in [5, 5.41) is 3.66. The molecule has 0 saturated heterocycles. The van der Waals surface area contributed by atoms with Gasteiger partial charge in [0.15, 0.2) is 0 Å². The van der Waals surface area contributed by atoms with E-state index in [1.807, 2.05) is 31.2 Å². The molecule has 0 N–H and O–H groups in total. The zero-order valence-electron chi connectivity index (χ0n) is 12.4. The minimum Gasteiger partial charge on any atom is -0.405 e. The third-order valence-electron chi connectivity index (χ3n) is 2.99. The van der Waals surface area contributed by atoms with Crippen molar-refractivity contribution in [3.63, 3.8) is 0 Å². The molecule has 6 heteroatoms. The summed E-state index contributed by atoms with van der Waals surface area (Å²) >= 11 is 0. The van der Waals surface area contributed by atoms with Crippen LogP contribution < -0.4 is 4.74 Å². The Labute approximate surface area is 132 Å². The predicted molar refractivity (Wildman–Crippen MR) is 80.3 cm³/mol. The second-order valence-electron chi connectivity index (χ2n) is 4.69. The lowest BCUT2D eigenvalue weighted by molar-refractivity contribution is -0.275. The molecule has 0 fully saturated rings. The molecule has 0 heterocycles. The molecule has 23 heavy (non-hydrogen) atoms. The average Bonchev–Trinajstić information content (AvgIpc) is 2.52. The number of para-hydroxylation sites is 1. The van der Waals surface area contributed by atoms with E-state index in [4.69, 9.17) is 4.84 Å². The molecular weight excluding hydrogens is 307 g/mol. The molecule has 0 aliphatic rings. The molecule has 0 amide bonds. The first-order valence-corrected chi connectivity index (χ1v) is 6.98. The van der Waals surface area contributed by atoms with Crippen molar-refractivity contribution in [3.8, 4) is 5.75 Å². The van der Waals surface area contributed by atoms with E-state index in [0.717, 1.165) is 17.5 Å². The quantitative estimate of drug-likeness (QED) is 0.576. The van der Waals surface area contributed by atoms with Crippen molar-refractivity contribution >= 4 is 6.21 Å². The summed E-state index contributed by atoms with van der Waals surface area (Å²) in [5.74, 6) is -0.303. The smallest absolute Gasteiger partial charge is 0.405 e. The number of benzene rings is 2. The molecule has 0 aliphatic heterocycles. The van der Waals surface area contributed by atoms with E-state index >= 15 is 0 Å². The van der Waals surface area contributed by atoms with Crippen molar-refractivity contribution in [2.75, 3.05) is 0 Å². The van der Waals surface area contributed by atoms with Crippen LogP contribution in [0.5, 0.6) is 5.75 Å². The Morgan fingerprint density at radius 2 is 1.87 bits per heavy atom. The Hall–Kier alpha value is -2.50. The van der Waals surface area contributed by atoms with Crippen molar-refractivity contribution in [1.29, 1.82) is 0 Å². The number of nitrogens with zero attached hydrogens (tertiary/aromatic N) is 1. The third-order valence-corrected chi connectivity index (χ3v) is 2.99. The Kier molecular flexibility index (Phi) is 5.62. The summed E-state index contributed by atoms with van der Waals surface area (Å²) in [6.07, 6.45) is -1.16. The maximum Gasteiger partial charge on any atom is 0.573 e. The molecule has 3 nitrogen and oxygen atoms in total. The van der Waals surface area contributed by atoms with Gasteiger partial charge in [0.25, 0.3) is 0 Å². The summed E-state index contributed by atoms with van der Waals surface area (Å²) in [5.41, 5.74) is 2.12. The van der Waals surface area contributed by atoms with Gasteiger partial charge in [-0.3, -0.25) is 0 Å². The molecule has 0 bridgehead atoms. The van der Waals surface area contributed by atoms with Gasteiger partial charge in [0.05, 0.1) is 0 Å². The minimum absolute atomic E-state index is 0.146. The summed E-state index contributed by atoms with van der Waals surface area (Å²) in [7, 11) is 0. The highest BCUT2D eigenvalue weighted by Gasteiger charge is 2.32. The Morgan fingerprint density at radius 3 is 2.61 bits per heavy atom. The Bertz CT molecular complexity index is 669. The lowest BCUT2D eigenvalue weighted by Crippen LogP contribution is -2.18. The van der Waals surface area contributed by atoms with Gasteiger partial charge in [-0.25, -0.2) is 0 Å². The largest absolute Gasteiger partial charge is 0.573 e. The predicted octanol–water partition coefficient (Wildman–Crippen LogP) is 4.58. The van der Waals surface area contributed by atoms with Crippen LogP contribution in [0.25, 0.3) is 0 Å². The van der Waals surface area contributed by atoms with Gasteiger partial charge in [-0.05, 0) is 24.1 Å². The van der Waals surface area contributed by atoms with Gasteiger partial charge in [-0.1, -0.05) is 48.5 Å². The summed E-state index contributed by atoms with van der Waals surface area (Å²) in [6.45, 7) is 1.89. The number of hydrogen-bond acceptors (Lipinski definition) is 3. The number of ether oxygens (including phenoxy) is 1. The fraction of sp³-hybridized carbons (Fsp3) is 0.235. The molecule has 0 aliphatic carbocycles. The molecule has 2 aromatic carbocycles. The van der Waals surface area contributed by atoms with Gasteiger partial charge < -0.3 is 9.57 Å². The number of halogens is 3. The van der Waals surface area contributed by atoms with Crippen molar-refractivity contribution in [3.05, 3.63) is 65.2 Å². The van der Waals surface area contributed by atoms with E-state index in [-0.39, 0.29) is 17.9 Å². The number of alkyl halides is 3. The van der Waals surface area contributed by atoms with Crippen LogP contribution in [0.3, 0.4) is 0 Å². The lowest BCUT2D eigenvalue weighted by Gasteiger charge is -2.12. The van der Waals surface area contributed by atoms with Gasteiger partial charge >= 0.3 is 6.36 Å². The van der Waals surface area contributed by atoms with Crippen LogP contribution in [0.15, 0.2) is 53.7 Å². The fourth-order valence-electron chi connectivity index (χ4n) is 1.89. The number of hydrogen-bond donors (Lipinski definition) is 0. The minimum atomic E-state index is -4.74. The molecule has 2 aromatic rings. The normalized spacial score (nSPS) is 11.7. The Balaban J connectivity index is 1.97. The van der Waals surface area contributed by atoms with Gasteiger partial charge in [-0.15, -0.1) is 13.2 Å². The topological polar surface area (TPSA) is 30.8 Å². The molecule has 121 valence electrons. The number of aryl methyl sites for hydroxylation is 1. The lowest BCUT2D eigenvalue weighted by atomic mass is 10.1. The highest BCUT2D eigenvalue weighted by Crippen LogP contribution is 2.26. The van der Waals surface area contributed by atoms with Crippen LogP contribution in [-0.4, -0.2) is 12.6 Å². The zero-order valence-corrected chi connectivity index (χ0v) is 12.4. The van der Waals surface area contributed by atoms with Crippen LogP contribution in [0.2, 0.25) is 0 Å². The van der Waals surface area contributed by atoms with Crippen molar-refractivity contribution in [2.24, 2.45) is 5.16 Å². The highest BCUT2D eigenvalue weighted by atomic mass is 19.4. The number of rotatable bonds is 6. The van der Waals surface area contributed by atoms with Crippen LogP contribution in [0, 0.1) is 0 Å². The molecule has 0 aromatic heterocycles. The first kappa shape index (κ1) is 16.9. The van der Waals surface area contributed by atoms with Crippen LogP contribution in [0.1, 0.15) is 23.6 Å². The first-order chi connectivity index (χ1) is 11.0. The summed E-state index contributed by atoms with van der Waals surface area (Å²) in [6, 6.07) is 13.3. The standard InChI is InChI=1S/C17H15F3NO2/c1-2-13-6-5-7-14(10-13)11-21-22-12-15-8-3-4-9-16(15)23-17(18,19)20/h3-10H,2,12H2,1H3. The zero-order chi connectivity index (χ0) is 16.7. The van der Waals surface area contributed by atoms with Gasteiger partial charge in [-0.2, -0.15) is 0 Å². The monoisotopic (exact) mass is 322 g/mol. The summed E-state index contributed by atoms with van der Waals surface area (Å²) < 4.78 is 40.8. The third kappa shape index (κ3) is 5.65. The summed E-state index contributed by atoms with van der Waals surface area (Å²) in [4.78, 5) is 5.02. The van der Waals surface area contributed by atoms with Gasteiger partial charge in [0.2, 0.25) is 0 Å². The van der Waals surface area contributed by atoms with Crippen LogP contribution >= 0.6 is 0 Å². The van der Waals surface area contributed by atoms with E-state index in [1.54, 1.807) is 6.07 Å². The molecular formula is C17H15F3NO2. The van der Waals surface area contributed by atoms with Crippen LogP contribution in [-0.2, 0) is 17.9 Å². The van der Waals surface area contributed by atoms with E-state index in [2.05, 4.69) is 16.1 Å². The Morgan fingerprint density at radius 1 is 1.09 bits per heavy atom. The van der Waals surface area contributed by atoms with Crippen molar-refractivity contribution in [1.82, 2.24) is 0 Å². The molecule has 0 saturated carbocycles. The van der Waals surface area contributed by atoms with Crippen LogP contribution in [0.4, 0.5) is 13.2 Å². The molecule has 0 atom stereocenters. The average molecular weight is 322 g/mol. The molecule has 0 spiro atoms. The van der Waals surface area contributed by atoms with E-state index < -0.39 is 6.36 Å². The fourth-order valence-corrected chi connectivity index (χ4v) is 1.89. The van der Waals surface area contributed by atoms with Gasteiger partial charge in [0.1, 0.15) is 18.6 Å². The van der Waals surface area contributed by atoms with Crippen molar-refractivity contribution < 1.29 is 22.7 Å².